The lowest BCUT2D eigenvalue weighted by Gasteiger charge is -2.38. The van der Waals surface area contributed by atoms with Crippen molar-refractivity contribution in [3.8, 4) is 0 Å². The average Bonchev–Trinajstić information content (AvgIpc) is 3.48. The number of H-pyrrole nitrogens is 1. The first-order chi connectivity index (χ1) is 22.9. The first-order valence-electron chi connectivity index (χ1n) is 16.0. The maximum atomic E-state index is 14.7. The molecule has 0 aliphatic heterocycles. The molecule has 1 fully saturated rings. The number of nitrogens with zero attached hydrogens (tertiary/aromatic N) is 2. The number of carbonyl (C=O) groups excluding carboxylic acids is 1. The molecular weight excluding hydrogens is 647 g/mol. The van der Waals surface area contributed by atoms with Gasteiger partial charge < -0.3 is 15.2 Å². The Hall–Kier alpha value is -4.26. The number of nitrogens with one attached hydrogen (secondary N) is 3. The zero-order valence-corrected chi connectivity index (χ0v) is 29.0. The molecular formula is C36H41N5O5S2. The van der Waals surface area contributed by atoms with Crippen LogP contribution in [0.25, 0.3) is 21.7 Å². The number of pyridine rings is 1. The monoisotopic (exact) mass is 687 g/mol. The van der Waals surface area contributed by atoms with Gasteiger partial charge in [-0.2, -0.15) is 4.72 Å². The number of para-hydroxylation sites is 1. The molecule has 0 saturated heterocycles. The van der Waals surface area contributed by atoms with E-state index in [1.165, 1.54) is 6.07 Å². The van der Waals surface area contributed by atoms with Crippen LogP contribution < -0.4 is 14.9 Å². The minimum Gasteiger partial charge on any atom is -0.377 e. The number of hydrogen-bond donors (Lipinski definition) is 3. The molecule has 48 heavy (non-hydrogen) atoms. The third kappa shape index (κ3) is 6.20. The Morgan fingerprint density at radius 2 is 1.56 bits per heavy atom. The molecule has 3 aromatic carbocycles. The van der Waals surface area contributed by atoms with E-state index >= 15 is 0 Å². The van der Waals surface area contributed by atoms with E-state index in [1.807, 2.05) is 73.6 Å². The summed E-state index contributed by atoms with van der Waals surface area (Å²) in [6, 6.07) is 23.1. The van der Waals surface area contributed by atoms with Crippen LogP contribution in [0.4, 0.5) is 5.69 Å². The van der Waals surface area contributed by atoms with E-state index in [2.05, 4.69) is 20.0 Å². The molecule has 0 radical (unpaired) electrons. The van der Waals surface area contributed by atoms with Gasteiger partial charge in [0.05, 0.1) is 4.90 Å². The van der Waals surface area contributed by atoms with E-state index in [1.54, 1.807) is 30.6 Å². The van der Waals surface area contributed by atoms with Crippen molar-refractivity contribution in [2.75, 3.05) is 31.8 Å². The van der Waals surface area contributed by atoms with Crippen LogP contribution >= 0.6 is 0 Å². The number of rotatable bonds is 11. The van der Waals surface area contributed by atoms with Crippen molar-refractivity contribution in [2.45, 2.75) is 53.7 Å². The largest absolute Gasteiger partial charge is 0.377 e. The second kappa shape index (κ2) is 13.0. The van der Waals surface area contributed by atoms with Gasteiger partial charge in [-0.15, -0.1) is 0 Å². The second-order valence-corrected chi connectivity index (χ2v) is 16.9. The average molecular weight is 688 g/mol. The number of amides is 1. The van der Waals surface area contributed by atoms with Gasteiger partial charge in [0.25, 0.3) is 5.91 Å². The first kappa shape index (κ1) is 33.6. The number of aromatic amines is 1. The van der Waals surface area contributed by atoms with Gasteiger partial charge in [0, 0.05) is 84.2 Å². The highest BCUT2D eigenvalue weighted by molar-refractivity contribution is 7.95. The van der Waals surface area contributed by atoms with Crippen LogP contribution in [-0.4, -0.2) is 64.5 Å². The van der Waals surface area contributed by atoms with Gasteiger partial charge in [-0.25, -0.2) is 16.8 Å². The normalized spacial score (nSPS) is 16.4. The van der Waals surface area contributed by atoms with Gasteiger partial charge in [0.1, 0.15) is 0 Å². The number of carbonyl (C=O) groups is 1. The minimum absolute atomic E-state index is 0.107. The molecule has 0 bridgehead atoms. The Labute approximate surface area is 281 Å². The summed E-state index contributed by atoms with van der Waals surface area (Å²) in [5, 5.41) is 4.70. The second-order valence-electron chi connectivity index (χ2n) is 13.0. The summed E-state index contributed by atoms with van der Waals surface area (Å²) < 4.78 is 59.6. The molecule has 6 rings (SSSR count). The number of anilines is 1. The van der Waals surface area contributed by atoms with Gasteiger partial charge in [-0.3, -0.25) is 9.78 Å². The van der Waals surface area contributed by atoms with E-state index in [0.717, 1.165) is 55.3 Å². The van der Waals surface area contributed by atoms with Crippen LogP contribution in [-0.2, 0) is 36.5 Å². The van der Waals surface area contributed by atoms with E-state index in [0.29, 0.717) is 21.7 Å². The summed E-state index contributed by atoms with van der Waals surface area (Å²) in [5.74, 6) is -0.936. The third-order valence-electron chi connectivity index (χ3n) is 9.65. The van der Waals surface area contributed by atoms with Crippen LogP contribution in [0, 0.1) is 0 Å². The number of hydrogen-bond acceptors (Lipinski definition) is 7. The molecule has 10 nitrogen and oxygen atoms in total. The lowest BCUT2D eigenvalue weighted by molar-refractivity contribution is -0.124. The third-order valence-corrected chi connectivity index (χ3v) is 13.0. The summed E-state index contributed by atoms with van der Waals surface area (Å²) in [7, 11) is -5.36. The molecule has 2 heterocycles. The lowest BCUT2D eigenvalue weighted by atomic mass is 9.71. The Morgan fingerprint density at radius 1 is 0.875 bits per heavy atom. The number of sulfonamides is 1. The van der Waals surface area contributed by atoms with Crippen molar-refractivity contribution < 1.29 is 21.6 Å². The predicted octanol–water partition coefficient (Wildman–Crippen LogP) is 5.06. The molecule has 12 heteroatoms. The number of sulfone groups is 1. The molecule has 1 atom stereocenters. The van der Waals surface area contributed by atoms with Gasteiger partial charge in [-0.05, 0) is 48.7 Å². The Bertz CT molecular complexity index is 2180. The van der Waals surface area contributed by atoms with Crippen molar-refractivity contribution in [3.05, 3.63) is 103 Å². The van der Waals surface area contributed by atoms with Crippen molar-refractivity contribution >= 4 is 53.1 Å². The smallest absolute Gasteiger partial charge is 0.257 e. The molecule has 1 aliphatic rings. The summed E-state index contributed by atoms with van der Waals surface area (Å²) in [6.07, 6.45) is 8.25. The minimum atomic E-state index is -4.61. The van der Waals surface area contributed by atoms with Crippen molar-refractivity contribution in [1.29, 1.82) is 0 Å². The van der Waals surface area contributed by atoms with Crippen molar-refractivity contribution in [2.24, 2.45) is 0 Å². The Morgan fingerprint density at radius 3 is 2.27 bits per heavy atom. The highest BCUT2D eigenvalue weighted by Gasteiger charge is 2.52. The Balaban J connectivity index is 1.47. The fourth-order valence-corrected chi connectivity index (χ4v) is 10.3. The number of fused-ring (bicyclic) bond motifs is 2. The highest BCUT2D eigenvalue weighted by atomic mass is 32.2. The molecule has 252 valence electrons. The van der Waals surface area contributed by atoms with Gasteiger partial charge in [0.15, 0.2) is 9.84 Å². The topological polar surface area (TPSA) is 141 Å². The molecule has 0 unspecified atom stereocenters. The van der Waals surface area contributed by atoms with E-state index in [-0.39, 0.29) is 11.4 Å². The molecule has 5 aromatic rings. The standard InChI is InChI=1S/C36H41N5O5S2/c1-41(2)31-17-11-15-29-28(31)14-12-18-32(29)48(45,46)40-36(47(3,43)44,23-26-24-38-30-16-6-5-13-27(26)30)34(42)39-25-35(20-8-4-9-21-35)33-19-7-10-22-37-33/h5-7,10-19,22,24,38,40H,4,8-9,20-21,23,25H2,1-3H3,(H,39,42)/t36-/m0/s1. The molecule has 1 aliphatic carbocycles. The summed E-state index contributed by atoms with van der Waals surface area (Å²) in [6.45, 7) is 0.107. The summed E-state index contributed by atoms with van der Waals surface area (Å²) >= 11 is 0. The van der Waals surface area contributed by atoms with Crippen molar-refractivity contribution in [3.63, 3.8) is 0 Å². The van der Waals surface area contributed by atoms with E-state index < -0.39 is 42.5 Å². The van der Waals surface area contributed by atoms with Crippen molar-refractivity contribution in [1.82, 2.24) is 20.0 Å². The van der Waals surface area contributed by atoms with Crippen LogP contribution in [0.15, 0.2) is 96.2 Å². The Kier molecular flexibility index (Phi) is 9.10. The zero-order chi connectivity index (χ0) is 34.2. The summed E-state index contributed by atoms with van der Waals surface area (Å²) in [4.78, 5) is 21.6. The van der Waals surface area contributed by atoms with Gasteiger partial charge >= 0.3 is 0 Å². The predicted molar refractivity (Wildman–Crippen MR) is 190 cm³/mol. The SMILES string of the molecule is CN(C)c1cccc2c(S(=O)(=O)N[C@](Cc3c[nH]c4ccccc34)(C(=O)NCC3(c4ccccn4)CCCCC3)S(C)(=O)=O)cccc12. The van der Waals surface area contributed by atoms with E-state index in [4.69, 9.17) is 0 Å². The van der Waals surface area contributed by atoms with E-state index in [9.17, 15) is 21.6 Å². The lowest BCUT2D eigenvalue weighted by Crippen LogP contribution is -2.65. The zero-order valence-electron chi connectivity index (χ0n) is 27.4. The van der Waals surface area contributed by atoms with Crippen LogP contribution in [0.5, 0.6) is 0 Å². The molecule has 1 amide bonds. The molecule has 3 N–H and O–H groups in total. The number of aromatic nitrogens is 2. The maximum absolute atomic E-state index is 14.7. The fourth-order valence-electron chi connectivity index (χ4n) is 7.07. The van der Waals surface area contributed by atoms with Crippen LogP contribution in [0.3, 0.4) is 0 Å². The fraction of sp³-hybridized carbons (Fsp3) is 0.333. The molecule has 1 saturated carbocycles. The highest BCUT2D eigenvalue weighted by Crippen LogP contribution is 2.39. The maximum Gasteiger partial charge on any atom is 0.257 e. The summed E-state index contributed by atoms with van der Waals surface area (Å²) in [5.41, 5.74) is 2.32. The number of benzene rings is 3. The first-order valence-corrected chi connectivity index (χ1v) is 19.4. The van der Waals surface area contributed by atoms with Gasteiger partial charge in [0.2, 0.25) is 14.9 Å². The molecule has 2 aromatic heterocycles. The van der Waals surface area contributed by atoms with Gasteiger partial charge in [-0.1, -0.05) is 67.8 Å². The quantitative estimate of drug-likeness (QED) is 0.176. The van der Waals surface area contributed by atoms with Crippen LogP contribution in [0.1, 0.15) is 43.4 Å². The van der Waals surface area contributed by atoms with Crippen LogP contribution in [0.2, 0.25) is 0 Å². The molecule has 0 spiro atoms.